The van der Waals surface area contributed by atoms with Crippen molar-refractivity contribution in [2.75, 3.05) is 0 Å². The van der Waals surface area contributed by atoms with Gasteiger partial charge in [-0.3, -0.25) is 19.6 Å². The second-order valence-corrected chi connectivity index (χ2v) is 4.89. The Bertz CT molecular complexity index is 591. The molecule has 6 nitrogen and oxygen atoms in total. The maximum absolute atomic E-state index is 10.5. The zero-order valence-electron chi connectivity index (χ0n) is 11.9. The number of aryl methyl sites for hydroxylation is 2. The Hall–Kier alpha value is -2.76. The first kappa shape index (κ1) is 15.6. The van der Waals surface area contributed by atoms with E-state index < -0.39 is 11.9 Å². The van der Waals surface area contributed by atoms with Crippen LogP contribution in [0.4, 0.5) is 0 Å². The summed E-state index contributed by atoms with van der Waals surface area (Å²) in [7, 11) is 0. The number of hydrogen-bond acceptors (Lipinski definition) is 4. The molecule has 0 aliphatic heterocycles. The largest absolute Gasteiger partial charge is 0.481 e. The molecule has 0 atom stereocenters. The predicted molar refractivity (Wildman–Crippen MR) is 79.4 cm³/mol. The molecule has 6 heteroatoms. The monoisotopic (exact) mass is 300 g/mol. The zero-order valence-corrected chi connectivity index (χ0v) is 11.9. The Balaban J connectivity index is 2.02. The van der Waals surface area contributed by atoms with Gasteiger partial charge in [-0.2, -0.15) is 0 Å². The highest BCUT2D eigenvalue weighted by Gasteiger charge is 2.04. The molecule has 0 aromatic carbocycles. The molecule has 0 saturated carbocycles. The quantitative estimate of drug-likeness (QED) is 0.812. The van der Waals surface area contributed by atoms with E-state index in [1.807, 2.05) is 12.1 Å². The molecule has 0 unspecified atom stereocenters. The highest BCUT2D eigenvalue weighted by atomic mass is 16.4. The summed E-state index contributed by atoms with van der Waals surface area (Å²) in [6.07, 6.45) is 4.36. The summed E-state index contributed by atoms with van der Waals surface area (Å²) >= 11 is 0. The van der Waals surface area contributed by atoms with Crippen molar-refractivity contribution in [1.29, 1.82) is 0 Å². The van der Waals surface area contributed by atoms with Crippen LogP contribution in [0.3, 0.4) is 0 Å². The second kappa shape index (κ2) is 7.31. The maximum Gasteiger partial charge on any atom is 0.303 e. The molecule has 0 amide bonds. The molecule has 114 valence electrons. The second-order valence-electron chi connectivity index (χ2n) is 4.89. The first-order valence-corrected chi connectivity index (χ1v) is 6.88. The predicted octanol–water partition coefficient (Wildman–Crippen LogP) is 2.18. The molecule has 0 fully saturated rings. The van der Waals surface area contributed by atoms with Crippen LogP contribution in [0.2, 0.25) is 0 Å². The fraction of sp³-hybridized carbons (Fsp3) is 0.250. The standard InChI is InChI=1S/C16H16N2O4/c19-15(20)7-3-11-1-5-13(17-9-11)14-6-2-12(10-18-14)4-8-16(21)22/h1-2,5-6,9-10H,3-4,7-8H2,(H,19,20)(H,21,22). The molecule has 0 aliphatic carbocycles. The van der Waals surface area contributed by atoms with Crippen molar-refractivity contribution < 1.29 is 19.8 Å². The van der Waals surface area contributed by atoms with Crippen LogP contribution in [-0.4, -0.2) is 32.1 Å². The number of nitrogens with zero attached hydrogens (tertiary/aromatic N) is 2. The topological polar surface area (TPSA) is 100 Å². The Morgan fingerprint density at radius 1 is 0.773 bits per heavy atom. The van der Waals surface area contributed by atoms with E-state index in [9.17, 15) is 9.59 Å². The smallest absolute Gasteiger partial charge is 0.303 e. The number of aromatic nitrogens is 2. The van der Waals surface area contributed by atoms with Crippen LogP contribution in [0.25, 0.3) is 11.4 Å². The summed E-state index contributed by atoms with van der Waals surface area (Å²) in [6.45, 7) is 0. The van der Waals surface area contributed by atoms with Crippen molar-refractivity contribution in [3.05, 3.63) is 47.8 Å². The van der Waals surface area contributed by atoms with Crippen molar-refractivity contribution in [1.82, 2.24) is 9.97 Å². The Morgan fingerprint density at radius 2 is 1.18 bits per heavy atom. The third kappa shape index (κ3) is 4.66. The van der Waals surface area contributed by atoms with Gasteiger partial charge in [0.1, 0.15) is 0 Å². The normalized spacial score (nSPS) is 10.4. The molecule has 0 radical (unpaired) electrons. The van der Waals surface area contributed by atoms with E-state index in [2.05, 4.69) is 9.97 Å². The number of rotatable bonds is 7. The fourth-order valence-electron chi connectivity index (χ4n) is 1.95. The van der Waals surface area contributed by atoms with Crippen molar-refractivity contribution in [3.8, 4) is 11.4 Å². The zero-order chi connectivity index (χ0) is 15.9. The van der Waals surface area contributed by atoms with Gasteiger partial charge in [0, 0.05) is 25.2 Å². The molecule has 2 N–H and O–H groups in total. The van der Waals surface area contributed by atoms with Crippen molar-refractivity contribution in [2.45, 2.75) is 25.7 Å². The summed E-state index contributed by atoms with van der Waals surface area (Å²) in [4.78, 5) is 29.6. The molecule has 22 heavy (non-hydrogen) atoms. The number of aliphatic carboxylic acids is 2. The average Bonchev–Trinajstić information content (AvgIpc) is 2.52. The van der Waals surface area contributed by atoms with E-state index >= 15 is 0 Å². The minimum absolute atomic E-state index is 0.0809. The van der Waals surface area contributed by atoms with E-state index in [-0.39, 0.29) is 12.8 Å². The number of carboxylic acids is 2. The van der Waals surface area contributed by atoms with Gasteiger partial charge >= 0.3 is 11.9 Å². The first-order chi connectivity index (χ1) is 10.5. The summed E-state index contributed by atoms with van der Waals surface area (Å²) in [6, 6.07) is 7.28. The number of pyridine rings is 2. The fourth-order valence-corrected chi connectivity index (χ4v) is 1.95. The van der Waals surface area contributed by atoms with Gasteiger partial charge in [0.2, 0.25) is 0 Å². The molecule has 0 spiro atoms. The van der Waals surface area contributed by atoms with Crippen LogP contribution in [0.1, 0.15) is 24.0 Å². The van der Waals surface area contributed by atoms with E-state index in [1.54, 1.807) is 24.5 Å². The molecule has 2 aromatic rings. The Labute approximate surface area is 127 Å². The highest BCUT2D eigenvalue weighted by molar-refractivity contribution is 5.67. The molecule has 2 aromatic heterocycles. The van der Waals surface area contributed by atoms with Gasteiger partial charge in [-0.1, -0.05) is 12.1 Å². The van der Waals surface area contributed by atoms with E-state index in [4.69, 9.17) is 10.2 Å². The van der Waals surface area contributed by atoms with Gasteiger partial charge in [0.15, 0.2) is 0 Å². The summed E-state index contributed by atoms with van der Waals surface area (Å²) in [5, 5.41) is 17.3. The SMILES string of the molecule is O=C(O)CCc1ccc(-c2ccc(CCC(=O)O)cn2)nc1. The van der Waals surface area contributed by atoms with Crippen LogP contribution in [0.5, 0.6) is 0 Å². The van der Waals surface area contributed by atoms with Gasteiger partial charge in [-0.05, 0) is 36.1 Å². The van der Waals surface area contributed by atoms with E-state index in [1.165, 1.54) is 0 Å². The Kier molecular flexibility index (Phi) is 5.19. The van der Waals surface area contributed by atoms with Gasteiger partial charge in [0.05, 0.1) is 11.4 Å². The van der Waals surface area contributed by atoms with Gasteiger partial charge in [-0.25, -0.2) is 0 Å². The van der Waals surface area contributed by atoms with Gasteiger partial charge in [0.25, 0.3) is 0 Å². The third-order valence-corrected chi connectivity index (χ3v) is 3.17. The van der Waals surface area contributed by atoms with Crippen molar-refractivity contribution in [3.63, 3.8) is 0 Å². The minimum atomic E-state index is -0.831. The number of carboxylic acid groups (broad SMARTS) is 2. The lowest BCUT2D eigenvalue weighted by Crippen LogP contribution is -1.99. The summed E-state index contributed by atoms with van der Waals surface area (Å²) in [5.74, 6) is -1.66. The molecule has 0 aliphatic rings. The maximum atomic E-state index is 10.5. The number of hydrogen-bond donors (Lipinski definition) is 2. The average molecular weight is 300 g/mol. The highest BCUT2D eigenvalue weighted by Crippen LogP contribution is 2.16. The molecule has 2 heterocycles. The third-order valence-electron chi connectivity index (χ3n) is 3.17. The van der Waals surface area contributed by atoms with Gasteiger partial charge in [-0.15, -0.1) is 0 Å². The minimum Gasteiger partial charge on any atom is -0.481 e. The number of carbonyl (C=O) groups is 2. The molecular weight excluding hydrogens is 284 g/mol. The van der Waals surface area contributed by atoms with Crippen LogP contribution in [0.15, 0.2) is 36.7 Å². The van der Waals surface area contributed by atoms with Crippen LogP contribution in [0, 0.1) is 0 Å². The van der Waals surface area contributed by atoms with Crippen LogP contribution < -0.4 is 0 Å². The molecule has 0 bridgehead atoms. The molecule has 2 rings (SSSR count). The lowest BCUT2D eigenvalue weighted by molar-refractivity contribution is -0.138. The van der Waals surface area contributed by atoms with Crippen molar-refractivity contribution >= 4 is 11.9 Å². The van der Waals surface area contributed by atoms with E-state index in [0.29, 0.717) is 24.2 Å². The summed E-state index contributed by atoms with van der Waals surface area (Å²) in [5.41, 5.74) is 3.13. The first-order valence-electron chi connectivity index (χ1n) is 6.88. The summed E-state index contributed by atoms with van der Waals surface area (Å²) < 4.78 is 0. The van der Waals surface area contributed by atoms with Crippen LogP contribution >= 0.6 is 0 Å². The lowest BCUT2D eigenvalue weighted by Gasteiger charge is -2.04. The Morgan fingerprint density at radius 3 is 1.45 bits per heavy atom. The van der Waals surface area contributed by atoms with Crippen molar-refractivity contribution in [2.24, 2.45) is 0 Å². The van der Waals surface area contributed by atoms with E-state index in [0.717, 1.165) is 11.1 Å². The lowest BCUT2D eigenvalue weighted by atomic mass is 10.1. The van der Waals surface area contributed by atoms with Crippen LogP contribution in [-0.2, 0) is 22.4 Å². The van der Waals surface area contributed by atoms with Gasteiger partial charge < -0.3 is 10.2 Å². The molecule has 0 saturated heterocycles. The molecular formula is C16H16N2O4.